The van der Waals surface area contributed by atoms with Gasteiger partial charge in [-0.3, -0.25) is 4.79 Å². The summed E-state index contributed by atoms with van der Waals surface area (Å²) in [7, 11) is 4.21. The summed E-state index contributed by atoms with van der Waals surface area (Å²) < 4.78 is 0. The average Bonchev–Trinajstić information content (AvgIpc) is 2.75. The molecule has 2 rings (SSSR count). The quantitative estimate of drug-likeness (QED) is 0.818. The lowest BCUT2D eigenvalue weighted by atomic mass is 9.98. The Morgan fingerprint density at radius 1 is 1.28 bits per heavy atom. The zero-order chi connectivity index (χ0) is 13.1. The first-order valence-corrected chi connectivity index (χ1v) is 7.27. The van der Waals surface area contributed by atoms with Crippen molar-refractivity contribution in [3.8, 4) is 0 Å². The Balaban J connectivity index is 1.84. The van der Waals surface area contributed by atoms with E-state index in [0.29, 0.717) is 24.3 Å². The molecule has 1 saturated heterocycles. The van der Waals surface area contributed by atoms with Gasteiger partial charge in [-0.15, -0.1) is 0 Å². The second kappa shape index (κ2) is 6.02. The molecule has 0 bridgehead atoms. The Hall–Kier alpha value is -0.610. The summed E-state index contributed by atoms with van der Waals surface area (Å²) in [5.41, 5.74) is 6.05. The first-order chi connectivity index (χ1) is 8.58. The van der Waals surface area contributed by atoms with Crippen molar-refractivity contribution in [1.82, 2.24) is 9.80 Å². The average molecular weight is 253 g/mol. The Labute approximate surface area is 110 Å². The SMILES string of the molecule is CN(C)C1CCCN(C(=O)C[C@@H]2CCC[C@H]2N)C1. The fourth-order valence-corrected chi connectivity index (χ4v) is 3.28. The van der Waals surface area contributed by atoms with Gasteiger partial charge in [0.2, 0.25) is 5.91 Å². The molecule has 0 aromatic carbocycles. The van der Waals surface area contributed by atoms with Gasteiger partial charge in [-0.1, -0.05) is 6.42 Å². The van der Waals surface area contributed by atoms with E-state index < -0.39 is 0 Å². The lowest BCUT2D eigenvalue weighted by Crippen LogP contribution is -2.48. The van der Waals surface area contributed by atoms with E-state index in [9.17, 15) is 4.79 Å². The molecular weight excluding hydrogens is 226 g/mol. The first-order valence-electron chi connectivity index (χ1n) is 7.27. The van der Waals surface area contributed by atoms with Crippen LogP contribution >= 0.6 is 0 Å². The van der Waals surface area contributed by atoms with Gasteiger partial charge in [0.05, 0.1) is 0 Å². The Kier molecular flexibility index (Phi) is 4.62. The van der Waals surface area contributed by atoms with Crippen molar-refractivity contribution in [3.05, 3.63) is 0 Å². The van der Waals surface area contributed by atoms with Crippen LogP contribution in [0.4, 0.5) is 0 Å². The summed E-state index contributed by atoms with van der Waals surface area (Å²) in [6.45, 7) is 1.83. The molecule has 1 amide bonds. The second-order valence-electron chi connectivity index (χ2n) is 6.16. The molecule has 104 valence electrons. The molecule has 2 N–H and O–H groups in total. The molecule has 0 spiro atoms. The molecule has 1 aliphatic heterocycles. The van der Waals surface area contributed by atoms with Gasteiger partial charge >= 0.3 is 0 Å². The van der Waals surface area contributed by atoms with Crippen LogP contribution in [0.1, 0.15) is 38.5 Å². The minimum atomic E-state index is 0.253. The van der Waals surface area contributed by atoms with Crippen LogP contribution in [0.2, 0.25) is 0 Å². The molecule has 4 nitrogen and oxygen atoms in total. The van der Waals surface area contributed by atoms with Gasteiger partial charge in [-0.2, -0.15) is 0 Å². The predicted molar refractivity (Wildman–Crippen MR) is 73.2 cm³/mol. The van der Waals surface area contributed by atoms with E-state index in [0.717, 1.165) is 32.4 Å². The second-order valence-corrected chi connectivity index (χ2v) is 6.16. The molecule has 18 heavy (non-hydrogen) atoms. The highest BCUT2D eigenvalue weighted by Crippen LogP contribution is 2.28. The van der Waals surface area contributed by atoms with Crippen LogP contribution in [0.15, 0.2) is 0 Å². The maximum absolute atomic E-state index is 12.3. The van der Waals surface area contributed by atoms with Gasteiger partial charge in [0, 0.05) is 31.6 Å². The summed E-state index contributed by atoms with van der Waals surface area (Å²) in [5, 5.41) is 0. The van der Waals surface area contributed by atoms with Crippen molar-refractivity contribution in [1.29, 1.82) is 0 Å². The molecular formula is C14H27N3O. The van der Waals surface area contributed by atoms with Crippen LogP contribution < -0.4 is 5.73 Å². The first kappa shape index (κ1) is 13.8. The standard InChI is InChI=1S/C14H27N3O/c1-16(2)12-6-4-8-17(10-12)14(18)9-11-5-3-7-13(11)15/h11-13H,3-10,15H2,1-2H3/t11-,12?,13+/m0/s1. The summed E-state index contributed by atoms with van der Waals surface area (Å²) in [6.07, 6.45) is 6.43. The third-order valence-corrected chi connectivity index (χ3v) is 4.63. The van der Waals surface area contributed by atoms with E-state index in [-0.39, 0.29) is 6.04 Å². The van der Waals surface area contributed by atoms with Crippen molar-refractivity contribution < 1.29 is 4.79 Å². The molecule has 1 aliphatic carbocycles. The van der Waals surface area contributed by atoms with Crippen molar-refractivity contribution in [2.45, 2.75) is 50.6 Å². The fourth-order valence-electron chi connectivity index (χ4n) is 3.28. The number of carbonyl (C=O) groups is 1. The van der Waals surface area contributed by atoms with Gasteiger partial charge in [0.25, 0.3) is 0 Å². The Morgan fingerprint density at radius 3 is 2.67 bits per heavy atom. The van der Waals surface area contributed by atoms with E-state index in [1.807, 2.05) is 0 Å². The van der Waals surface area contributed by atoms with Crippen LogP contribution in [0.25, 0.3) is 0 Å². The zero-order valence-electron chi connectivity index (χ0n) is 11.8. The molecule has 2 fully saturated rings. The lowest BCUT2D eigenvalue weighted by molar-refractivity contribution is -0.134. The van der Waals surface area contributed by atoms with Crippen molar-refractivity contribution >= 4 is 5.91 Å². The molecule has 1 saturated carbocycles. The Bertz CT molecular complexity index is 293. The minimum absolute atomic E-state index is 0.253. The normalized spacial score (nSPS) is 33.1. The number of hydrogen-bond acceptors (Lipinski definition) is 3. The van der Waals surface area contributed by atoms with E-state index in [1.165, 1.54) is 12.8 Å². The summed E-state index contributed by atoms with van der Waals surface area (Å²) in [5.74, 6) is 0.751. The van der Waals surface area contributed by atoms with Crippen molar-refractivity contribution in [3.63, 3.8) is 0 Å². The number of piperidine rings is 1. The predicted octanol–water partition coefficient (Wildman–Crippen LogP) is 1.06. The number of nitrogens with two attached hydrogens (primary N) is 1. The monoisotopic (exact) mass is 253 g/mol. The summed E-state index contributed by atoms with van der Waals surface area (Å²) in [6, 6.07) is 0.781. The van der Waals surface area contributed by atoms with Crippen LogP contribution in [-0.2, 0) is 4.79 Å². The number of carbonyl (C=O) groups excluding carboxylic acids is 1. The highest BCUT2D eigenvalue weighted by atomic mass is 16.2. The van der Waals surface area contributed by atoms with Crippen LogP contribution in [0, 0.1) is 5.92 Å². The summed E-state index contributed by atoms with van der Waals surface area (Å²) in [4.78, 5) is 16.6. The van der Waals surface area contributed by atoms with Gasteiger partial charge in [-0.05, 0) is 45.7 Å². The van der Waals surface area contributed by atoms with Crippen LogP contribution in [-0.4, -0.2) is 55.0 Å². The molecule has 1 unspecified atom stereocenters. The lowest BCUT2D eigenvalue weighted by Gasteiger charge is -2.36. The third-order valence-electron chi connectivity index (χ3n) is 4.63. The largest absolute Gasteiger partial charge is 0.341 e. The van der Waals surface area contributed by atoms with Gasteiger partial charge < -0.3 is 15.5 Å². The van der Waals surface area contributed by atoms with Crippen LogP contribution in [0.5, 0.6) is 0 Å². The number of amides is 1. The van der Waals surface area contributed by atoms with Gasteiger partial charge in [-0.25, -0.2) is 0 Å². The number of likely N-dealkylation sites (N-methyl/N-ethyl adjacent to an activating group) is 1. The number of nitrogens with zero attached hydrogens (tertiary/aromatic N) is 2. The van der Waals surface area contributed by atoms with Crippen LogP contribution in [0.3, 0.4) is 0 Å². The number of hydrogen-bond donors (Lipinski definition) is 1. The molecule has 0 aromatic rings. The van der Waals surface area contributed by atoms with Crippen molar-refractivity contribution in [2.24, 2.45) is 11.7 Å². The van der Waals surface area contributed by atoms with Crippen molar-refractivity contribution in [2.75, 3.05) is 27.2 Å². The fraction of sp³-hybridized carbons (Fsp3) is 0.929. The molecule has 4 heteroatoms. The topological polar surface area (TPSA) is 49.6 Å². The van der Waals surface area contributed by atoms with E-state index in [1.54, 1.807) is 0 Å². The molecule has 3 atom stereocenters. The maximum atomic E-state index is 12.3. The van der Waals surface area contributed by atoms with E-state index in [2.05, 4.69) is 23.9 Å². The molecule has 0 radical (unpaired) electrons. The third kappa shape index (κ3) is 3.23. The number of rotatable bonds is 3. The highest BCUT2D eigenvalue weighted by Gasteiger charge is 2.30. The minimum Gasteiger partial charge on any atom is -0.341 e. The maximum Gasteiger partial charge on any atom is 0.222 e. The summed E-state index contributed by atoms with van der Waals surface area (Å²) >= 11 is 0. The van der Waals surface area contributed by atoms with Gasteiger partial charge in [0.15, 0.2) is 0 Å². The molecule has 1 heterocycles. The van der Waals surface area contributed by atoms with E-state index in [4.69, 9.17) is 5.73 Å². The Morgan fingerprint density at radius 2 is 2.06 bits per heavy atom. The zero-order valence-corrected chi connectivity index (χ0v) is 11.8. The number of likely N-dealkylation sites (tertiary alicyclic amines) is 1. The smallest absolute Gasteiger partial charge is 0.222 e. The molecule has 2 aliphatic rings. The molecule has 0 aromatic heterocycles. The van der Waals surface area contributed by atoms with Gasteiger partial charge in [0.1, 0.15) is 0 Å². The van der Waals surface area contributed by atoms with E-state index >= 15 is 0 Å². The highest BCUT2D eigenvalue weighted by molar-refractivity contribution is 5.76.